The zero-order valence-electron chi connectivity index (χ0n) is 18.2. The second-order valence-corrected chi connectivity index (χ2v) is 7.83. The van der Waals surface area contributed by atoms with Gasteiger partial charge in [0.25, 0.3) is 0 Å². The predicted octanol–water partition coefficient (Wildman–Crippen LogP) is 4.16. The largest absolute Gasteiger partial charge is 0.493 e. The molecule has 0 bridgehead atoms. The lowest BCUT2D eigenvalue weighted by molar-refractivity contribution is 0.0168. The summed E-state index contributed by atoms with van der Waals surface area (Å²) in [7, 11) is 0. The monoisotopic (exact) mass is 451 g/mol. The topological polar surface area (TPSA) is 88.0 Å². The van der Waals surface area contributed by atoms with Crippen LogP contribution in [-0.4, -0.2) is 42.2 Å². The third-order valence-electron chi connectivity index (χ3n) is 5.75. The lowest BCUT2D eigenvalue weighted by atomic mass is 9.98. The van der Waals surface area contributed by atoms with Gasteiger partial charge >= 0.3 is 6.09 Å². The molecule has 0 fully saturated rings. The number of hydrogen-bond donors (Lipinski definition) is 3. The highest BCUT2D eigenvalue weighted by Crippen LogP contribution is 2.44. The SMILES string of the molecule is CCOc1ccc(F)cc1C(O)C(O)CNC(=O)OCC1c2ccccc2-c2ccccc21. The molecule has 1 aliphatic rings. The van der Waals surface area contributed by atoms with E-state index in [-0.39, 0.29) is 30.4 Å². The Morgan fingerprint density at radius 3 is 2.30 bits per heavy atom. The van der Waals surface area contributed by atoms with Crippen LogP contribution in [0.1, 0.15) is 35.6 Å². The van der Waals surface area contributed by atoms with Gasteiger partial charge in [-0.15, -0.1) is 0 Å². The van der Waals surface area contributed by atoms with Gasteiger partial charge in [-0.3, -0.25) is 0 Å². The van der Waals surface area contributed by atoms with E-state index in [0.29, 0.717) is 6.61 Å². The fourth-order valence-electron chi connectivity index (χ4n) is 4.19. The molecule has 0 aromatic heterocycles. The number of fused-ring (bicyclic) bond motifs is 3. The van der Waals surface area contributed by atoms with Crippen molar-refractivity contribution in [2.75, 3.05) is 19.8 Å². The second-order valence-electron chi connectivity index (χ2n) is 7.83. The first-order valence-electron chi connectivity index (χ1n) is 10.9. The third kappa shape index (κ3) is 4.84. The number of halogens is 1. The summed E-state index contributed by atoms with van der Waals surface area (Å²) in [4.78, 5) is 12.3. The number of hydrogen-bond acceptors (Lipinski definition) is 5. The van der Waals surface area contributed by atoms with E-state index in [4.69, 9.17) is 9.47 Å². The van der Waals surface area contributed by atoms with Crippen LogP contribution in [0.25, 0.3) is 11.1 Å². The van der Waals surface area contributed by atoms with Crippen LogP contribution in [0.2, 0.25) is 0 Å². The van der Waals surface area contributed by atoms with Gasteiger partial charge in [-0.25, -0.2) is 9.18 Å². The fraction of sp³-hybridized carbons (Fsp3) is 0.269. The summed E-state index contributed by atoms with van der Waals surface area (Å²) >= 11 is 0. The first-order valence-corrected chi connectivity index (χ1v) is 10.9. The Labute approximate surface area is 191 Å². The summed E-state index contributed by atoms with van der Waals surface area (Å²) < 4.78 is 24.5. The molecule has 0 spiro atoms. The predicted molar refractivity (Wildman–Crippen MR) is 122 cm³/mol. The number of rotatable bonds is 8. The smallest absolute Gasteiger partial charge is 0.407 e. The molecule has 6 nitrogen and oxygen atoms in total. The van der Waals surface area contributed by atoms with E-state index in [1.807, 2.05) is 36.4 Å². The van der Waals surface area contributed by atoms with Gasteiger partial charge in [-0.2, -0.15) is 0 Å². The van der Waals surface area contributed by atoms with E-state index >= 15 is 0 Å². The zero-order chi connectivity index (χ0) is 23.4. The average Bonchev–Trinajstić information content (AvgIpc) is 3.15. The molecule has 4 rings (SSSR count). The zero-order valence-corrected chi connectivity index (χ0v) is 18.2. The van der Waals surface area contributed by atoms with Crippen LogP contribution in [0, 0.1) is 5.82 Å². The Bertz CT molecular complexity index is 1090. The van der Waals surface area contributed by atoms with Gasteiger partial charge in [0.1, 0.15) is 30.4 Å². The third-order valence-corrected chi connectivity index (χ3v) is 5.75. The minimum Gasteiger partial charge on any atom is -0.493 e. The fourth-order valence-corrected chi connectivity index (χ4v) is 4.19. The number of carbonyl (C=O) groups is 1. The molecule has 0 aliphatic heterocycles. The van der Waals surface area contributed by atoms with Crippen molar-refractivity contribution < 1.29 is 28.9 Å². The highest BCUT2D eigenvalue weighted by Gasteiger charge is 2.29. The van der Waals surface area contributed by atoms with Crippen molar-refractivity contribution >= 4 is 6.09 Å². The van der Waals surface area contributed by atoms with Crippen molar-refractivity contribution in [1.29, 1.82) is 0 Å². The molecule has 172 valence electrons. The lowest BCUT2D eigenvalue weighted by Crippen LogP contribution is -2.36. The minimum absolute atomic E-state index is 0.0836. The van der Waals surface area contributed by atoms with Crippen LogP contribution in [0.5, 0.6) is 5.75 Å². The summed E-state index contributed by atoms with van der Waals surface area (Å²) in [5.41, 5.74) is 4.55. The molecule has 0 saturated carbocycles. The van der Waals surface area contributed by atoms with Crippen molar-refractivity contribution in [3.63, 3.8) is 0 Å². The summed E-state index contributed by atoms with van der Waals surface area (Å²) in [6.07, 6.45) is -3.55. The molecule has 3 aromatic carbocycles. The number of nitrogens with one attached hydrogen (secondary N) is 1. The number of aliphatic hydroxyl groups is 2. The van der Waals surface area contributed by atoms with Crippen LogP contribution >= 0.6 is 0 Å². The van der Waals surface area contributed by atoms with Gasteiger partial charge < -0.3 is 25.0 Å². The molecule has 0 radical (unpaired) electrons. The Kier molecular flexibility index (Phi) is 6.91. The van der Waals surface area contributed by atoms with Crippen molar-refractivity contribution in [3.8, 4) is 16.9 Å². The number of aliphatic hydroxyl groups excluding tert-OH is 2. The van der Waals surface area contributed by atoms with E-state index < -0.39 is 24.1 Å². The molecule has 0 heterocycles. The quantitative estimate of drug-likeness (QED) is 0.479. The average molecular weight is 451 g/mol. The van der Waals surface area contributed by atoms with Gasteiger partial charge in [0.2, 0.25) is 0 Å². The molecule has 7 heteroatoms. The maximum atomic E-state index is 13.6. The molecule has 33 heavy (non-hydrogen) atoms. The molecule has 3 N–H and O–H groups in total. The number of amides is 1. The molecule has 2 unspecified atom stereocenters. The minimum atomic E-state index is -1.45. The molecule has 1 amide bonds. The van der Waals surface area contributed by atoms with Crippen LogP contribution in [0.3, 0.4) is 0 Å². The summed E-state index contributed by atoms with van der Waals surface area (Å²) in [5, 5.41) is 23.3. The first kappa shape index (κ1) is 22.8. The second kappa shape index (κ2) is 10.0. The molecule has 0 saturated heterocycles. The molecular formula is C26H26FNO5. The molecule has 2 atom stereocenters. The van der Waals surface area contributed by atoms with E-state index in [1.165, 1.54) is 12.1 Å². The highest BCUT2D eigenvalue weighted by atomic mass is 19.1. The number of carbonyl (C=O) groups excluding carboxylic acids is 1. The highest BCUT2D eigenvalue weighted by molar-refractivity contribution is 5.79. The van der Waals surface area contributed by atoms with Crippen molar-refractivity contribution in [1.82, 2.24) is 5.32 Å². The van der Waals surface area contributed by atoms with E-state index in [0.717, 1.165) is 28.3 Å². The van der Waals surface area contributed by atoms with Crippen LogP contribution in [0.4, 0.5) is 9.18 Å². The van der Waals surface area contributed by atoms with E-state index in [2.05, 4.69) is 17.4 Å². The summed E-state index contributed by atoms with van der Waals surface area (Å²) in [6.45, 7) is 1.94. The van der Waals surface area contributed by atoms with Crippen molar-refractivity contribution in [2.24, 2.45) is 0 Å². The molecular weight excluding hydrogens is 425 g/mol. The van der Waals surface area contributed by atoms with Crippen molar-refractivity contribution in [3.05, 3.63) is 89.2 Å². The van der Waals surface area contributed by atoms with Crippen LogP contribution in [-0.2, 0) is 4.74 Å². The van der Waals surface area contributed by atoms with E-state index in [1.54, 1.807) is 6.92 Å². The van der Waals surface area contributed by atoms with Gasteiger partial charge in [-0.05, 0) is 47.4 Å². The Balaban J connectivity index is 1.35. The van der Waals surface area contributed by atoms with Gasteiger partial charge in [-0.1, -0.05) is 48.5 Å². The normalized spacial score (nSPS) is 14.2. The van der Waals surface area contributed by atoms with Crippen molar-refractivity contribution in [2.45, 2.75) is 25.0 Å². The molecule has 1 aliphatic carbocycles. The van der Waals surface area contributed by atoms with Crippen LogP contribution < -0.4 is 10.1 Å². The number of alkyl carbamates (subject to hydrolysis) is 1. The maximum absolute atomic E-state index is 13.6. The first-order chi connectivity index (χ1) is 16.0. The molecule has 3 aromatic rings. The standard InChI is InChI=1S/C26H26FNO5/c1-2-32-24-12-11-16(27)13-21(24)25(30)23(29)14-28-26(31)33-15-22-19-9-5-3-7-17(19)18-8-4-6-10-20(18)22/h3-13,22-23,25,29-30H,2,14-15H2,1H3,(H,28,31). The summed E-state index contributed by atoms with van der Waals surface area (Å²) in [5.74, 6) is -0.379. The van der Waals surface area contributed by atoms with Gasteiger partial charge in [0, 0.05) is 18.0 Å². The summed E-state index contributed by atoms with van der Waals surface area (Å²) in [6, 6.07) is 19.7. The van der Waals surface area contributed by atoms with Gasteiger partial charge in [0.05, 0.1) is 6.61 Å². The Morgan fingerprint density at radius 1 is 1.03 bits per heavy atom. The Hall–Kier alpha value is -3.42. The number of benzene rings is 3. The van der Waals surface area contributed by atoms with E-state index in [9.17, 15) is 19.4 Å². The maximum Gasteiger partial charge on any atom is 0.407 e. The lowest BCUT2D eigenvalue weighted by Gasteiger charge is -2.21. The van der Waals surface area contributed by atoms with Crippen LogP contribution in [0.15, 0.2) is 66.7 Å². The van der Waals surface area contributed by atoms with Gasteiger partial charge in [0.15, 0.2) is 0 Å². The number of ether oxygens (including phenoxy) is 2. The Morgan fingerprint density at radius 2 is 1.67 bits per heavy atom.